The number of carbonyl (C=O) groups excluding carboxylic acids is 2. The summed E-state index contributed by atoms with van der Waals surface area (Å²) in [6.45, 7) is 12.8. The van der Waals surface area contributed by atoms with Gasteiger partial charge in [0.05, 0.1) is 12.1 Å². The number of likely N-dealkylation sites (tertiary alicyclic amines) is 2. The minimum absolute atomic E-state index is 0.0220. The molecule has 2 amide bonds. The SMILES string of the molecule is CC(C)(C)N1C(=O)C2=C(CCC2)C1C1C2=C(CCC2)C(=O)N1C(C)(C)C. The number of rotatable bonds is 1. The molecule has 4 aliphatic rings. The first-order valence-electron chi connectivity index (χ1n) is 10.1. The predicted octanol–water partition coefficient (Wildman–Crippen LogP) is 3.97. The maximum absolute atomic E-state index is 13.3. The second-order valence-corrected chi connectivity index (χ2v) is 10.3. The van der Waals surface area contributed by atoms with Gasteiger partial charge in [-0.2, -0.15) is 0 Å². The average molecular weight is 357 g/mol. The van der Waals surface area contributed by atoms with Gasteiger partial charge in [0.2, 0.25) is 0 Å². The Morgan fingerprint density at radius 1 is 0.654 bits per heavy atom. The van der Waals surface area contributed by atoms with Crippen LogP contribution in [0.25, 0.3) is 0 Å². The summed E-state index contributed by atoms with van der Waals surface area (Å²) in [5, 5.41) is 0. The zero-order chi connectivity index (χ0) is 19.0. The molecule has 0 radical (unpaired) electrons. The molecular formula is C22H32N2O2. The lowest BCUT2D eigenvalue weighted by Gasteiger charge is -2.48. The summed E-state index contributed by atoms with van der Waals surface area (Å²) in [4.78, 5) is 30.8. The minimum atomic E-state index is -0.249. The Morgan fingerprint density at radius 3 is 1.31 bits per heavy atom. The molecule has 4 nitrogen and oxygen atoms in total. The van der Waals surface area contributed by atoms with Gasteiger partial charge in [-0.25, -0.2) is 0 Å². The van der Waals surface area contributed by atoms with E-state index < -0.39 is 0 Å². The summed E-state index contributed by atoms with van der Waals surface area (Å²) in [5.74, 6) is 0.423. The molecule has 2 aliphatic carbocycles. The van der Waals surface area contributed by atoms with E-state index >= 15 is 0 Å². The molecule has 2 unspecified atom stereocenters. The normalized spacial score (nSPS) is 29.5. The van der Waals surface area contributed by atoms with Crippen LogP contribution >= 0.6 is 0 Å². The highest BCUT2D eigenvalue weighted by molar-refractivity contribution is 6.02. The molecule has 0 aromatic carbocycles. The van der Waals surface area contributed by atoms with Crippen molar-refractivity contribution in [1.82, 2.24) is 9.80 Å². The van der Waals surface area contributed by atoms with Gasteiger partial charge < -0.3 is 9.80 Å². The first kappa shape index (κ1) is 17.8. The van der Waals surface area contributed by atoms with E-state index in [0.29, 0.717) is 0 Å². The molecule has 0 spiro atoms. The van der Waals surface area contributed by atoms with Crippen molar-refractivity contribution in [1.29, 1.82) is 0 Å². The van der Waals surface area contributed by atoms with Crippen LogP contribution in [0, 0.1) is 0 Å². The Morgan fingerprint density at radius 2 is 1.00 bits per heavy atom. The molecule has 0 bridgehead atoms. The zero-order valence-electron chi connectivity index (χ0n) is 17.1. The molecular weight excluding hydrogens is 324 g/mol. The molecule has 0 saturated heterocycles. The van der Waals surface area contributed by atoms with Crippen molar-refractivity contribution in [3.05, 3.63) is 22.3 Å². The summed E-state index contributed by atoms with van der Waals surface area (Å²) < 4.78 is 0. The summed E-state index contributed by atoms with van der Waals surface area (Å²) in [7, 11) is 0. The van der Waals surface area contributed by atoms with E-state index in [1.165, 1.54) is 11.1 Å². The fraction of sp³-hybridized carbons (Fsp3) is 0.727. The van der Waals surface area contributed by atoms with E-state index in [4.69, 9.17) is 0 Å². The maximum atomic E-state index is 13.3. The van der Waals surface area contributed by atoms with Crippen molar-refractivity contribution >= 4 is 11.8 Å². The van der Waals surface area contributed by atoms with E-state index in [2.05, 4.69) is 51.3 Å². The molecule has 0 fully saturated rings. The third-order valence-corrected chi connectivity index (χ3v) is 6.49. The van der Waals surface area contributed by atoms with Crippen molar-refractivity contribution in [3.63, 3.8) is 0 Å². The molecule has 2 aliphatic heterocycles. The second kappa shape index (κ2) is 5.46. The zero-order valence-corrected chi connectivity index (χ0v) is 17.1. The first-order valence-corrected chi connectivity index (χ1v) is 10.1. The average Bonchev–Trinajstić information content (AvgIpc) is 3.21. The predicted molar refractivity (Wildman–Crippen MR) is 103 cm³/mol. The third kappa shape index (κ3) is 2.33. The van der Waals surface area contributed by atoms with Crippen LogP contribution in [0.3, 0.4) is 0 Å². The van der Waals surface area contributed by atoms with Crippen LogP contribution in [0.2, 0.25) is 0 Å². The van der Waals surface area contributed by atoms with Crippen LogP contribution < -0.4 is 0 Å². The van der Waals surface area contributed by atoms with E-state index in [-0.39, 0.29) is 35.0 Å². The molecule has 0 aromatic rings. The molecule has 142 valence electrons. The number of nitrogens with zero attached hydrogens (tertiary/aromatic N) is 2. The van der Waals surface area contributed by atoms with E-state index in [9.17, 15) is 9.59 Å². The van der Waals surface area contributed by atoms with Crippen molar-refractivity contribution in [2.75, 3.05) is 0 Å². The van der Waals surface area contributed by atoms with Gasteiger partial charge in [0.25, 0.3) is 11.8 Å². The molecule has 4 heteroatoms. The van der Waals surface area contributed by atoms with Crippen LogP contribution in [-0.2, 0) is 9.59 Å². The fourth-order valence-electron chi connectivity index (χ4n) is 5.64. The molecule has 26 heavy (non-hydrogen) atoms. The molecule has 0 N–H and O–H groups in total. The fourth-order valence-corrected chi connectivity index (χ4v) is 5.64. The second-order valence-electron chi connectivity index (χ2n) is 10.3. The van der Waals surface area contributed by atoms with Gasteiger partial charge in [-0.15, -0.1) is 0 Å². The summed E-state index contributed by atoms with van der Waals surface area (Å²) in [6.07, 6.45) is 5.96. The van der Waals surface area contributed by atoms with Gasteiger partial charge >= 0.3 is 0 Å². The molecule has 2 heterocycles. The Labute approximate surface area is 157 Å². The summed E-state index contributed by atoms with van der Waals surface area (Å²) in [6, 6.07) is 0.0440. The standard InChI is InChI=1S/C22H32N2O2/c1-21(2,3)23-17(13-9-7-11-15(13)19(23)25)18-14-10-8-12-16(14)20(26)24(18)22(4,5)6/h17-18H,7-12H2,1-6H3. The Kier molecular flexibility index (Phi) is 3.74. The highest BCUT2D eigenvalue weighted by Crippen LogP contribution is 2.50. The minimum Gasteiger partial charge on any atom is -0.325 e. The monoisotopic (exact) mass is 356 g/mol. The highest BCUT2D eigenvalue weighted by atomic mass is 16.2. The van der Waals surface area contributed by atoms with E-state index in [1.54, 1.807) is 0 Å². The van der Waals surface area contributed by atoms with Gasteiger partial charge in [-0.3, -0.25) is 9.59 Å². The number of hydrogen-bond donors (Lipinski definition) is 0. The van der Waals surface area contributed by atoms with Crippen molar-refractivity contribution in [2.45, 2.75) is 103 Å². The van der Waals surface area contributed by atoms with Crippen LogP contribution in [0.1, 0.15) is 80.1 Å². The van der Waals surface area contributed by atoms with Gasteiger partial charge in [0.1, 0.15) is 0 Å². The largest absolute Gasteiger partial charge is 0.325 e. The van der Waals surface area contributed by atoms with E-state index in [1.807, 2.05) is 0 Å². The Bertz CT molecular complexity index is 681. The van der Waals surface area contributed by atoms with Crippen LogP contribution in [0.4, 0.5) is 0 Å². The molecule has 0 aromatic heterocycles. The van der Waals surface area contributed by atoms with Crippen molar-refractivity contribution < 1.29 is 9.59 Å². The number of amides is 2. The van der Waals surface area contributed by atoms with Crippen LogP contribution in [0.15, 0.2) is 22.3 Å². The third-order valence-electron chi connectivity index (χ3n) is 6.49. The van der Waals surface area contributed by atoms with Gasteiger partial charge in [0, 0.05) is 22.2 Å². The van der Waals surface area contributed by atoms with Gasteiger partial charge in [-0.1, -0.05) is 0 Å². The Hall–Kier alpha value is -1.58. The first-order chi connectivity index (χ1) is 12.0. The lowest BCUT2D eigenvalue weighted by molar-refractivity contribution is -0.139. The topological polar surface area (TPSA) is 40.6 Å². The molecule has 4 rings (SSSR count). The quantitative estimate of drug-likeness (QED) is 0.713. The van der Waals surface area contributed by atoms with Crippen LogP contribution in [-0.4, -0.2) is 44.8 Å². The van der Waals surface area contributed by atoms with Crippen molar-refractivity contribution in [2.24, 2.45) is 0 Å². The van der Waals surface area contributed by atoms with Crippen molar-refractivity contribution in [3.8, 4) is 0 Å². The lowest BCUT2D eigenvalue weighted by Crippen LogP contribution is -2.60. The highest BCUT2D eigenvalue weighted by Gasteiger charge is 2.56. The smallest absolute Gasteiger partial charge is 0.250 e. The van der Waals surface area contributed by atoms with Gasteiger partial charge in [-0.05, 0) is 91.2 Å². The Balaban J connectivity index is 1.87. The molecule has 0 saturated carbocycles. The van der Waals surface area contributed by atoms with E-state index in [0.717, 1.165) is 49.7 Å². The maximum Gasteiger partial charge on any atom is 0.250 e. The summed E-state index contributed by atoms with van der Waals surface area (Å²) in [5.41, 5.74) is 4.22. The summed E-state index contributed by atoms with van der Waals surface area (Å²) >= 11 is 0. The number of hydrogen-bond acceptors (Lipinski definition) is 2. The van der Waals surface area contributed by atoms with Gasteiger partial charge in [0.15, 0.2) is 0 Å². The van der Waals surface area contributed by atoms with Crippen LogP contribution in [0.5, 0.6) is 0 Å². The lowest BCUT2D eigenvalue weighted by atomic mass is 9.87. The number of carbonyl (C=O) groups is 2. The molecule has 2 atom stereocenters.